The van der Waals surface area contributed by atoms with E-state index >= 15 is 0 Å². The Morgan fingerprint density at radius 2 is 1.64 bits per heavy atom. The second-order valence-electron chi connectivity index (χ2n) is 6.21. The fourth-order valence-corrected chi connectivity index (χ4v) is 2.43. The first kappa shape index (κ1) is 18.9. The molecule has 2 aromatic rings. The second kappa shape index (κ2) is 8.60. The molecule has 2 aromatic carbocycles. The van der Waals surface area contributed by atoms with Gasteiger partial charge in [-0.05, 0) is 63.6 Å². The quantitative estimate of drug-likeness (QED) is 0.473. The molecule has 4 heteroatoms. The zero-order valence-corrected chi connectivity index (χ0v) is 15.7. The maximum Gasteiger partial charge on any atom is 0.130 e. The van der Waals surface area contributed by atoms with Gasteiger partial charge in [0.15, 0.2) is 0 Å². The molecule has 0 saturated heterocycles. The lowest BCUT2D eigenvalue weighted by Gasteiger charge is -2.16. The van der Waals surface area contributed by atoms with E-state index in [1.165, 1.54) is 0 Å². The predicted molar refractivity (Wildman–Crippen MR) is 103 cm³/mol. The normalized spacial score (nSPS) is 11.5. The predicted octanol–water partition coefficient (Wildman–Crippen LogP) is 5.98. The van der Waals surface area contributed by atoms with Crippen molar-refractivity contribution in [2.75, 3.05) is 0 Å². The summed E-state index contributed by atoms with van der Waals surface area (Å²) in [6.45, 7) is 7.89. The molecule has 0 radical (unpaired) electrons. The molecule has 0 unspecified atom stereocenters. The minimum absolute atomic E-state index is 0.0162. The van der Waals surface area contributed by atoms with Gasteiger partial charge in [0.2, 0.25) is 0 Å². The number of ether oxygens (including phenoxy) is 2. The Labute approximate surface area is 154 Å². The lowest BCUT2D eigenvalue weighted by Crippen LogP contribution is -2.09. The second-order valence-corrected chi connectivity index (χ2v) is 6.65. The monoisotopic (exact) mass is 355 g/mol. The van der Waals surface area contributed by atoms with Crippen molar-refractivity contribution in [2.24, 2.45) is 0 Å². The van der Waals surface area contributed by atoms with Crippen LogP contribution in [0.25, 0.3) is 11.6 Å². The number of nitriles is 1. The van der Waals surface area contributed by atoms with Crippen molar-refractivity contribution in [1.29, 1.82) is 5.26 Å². The van der Waals surface area contributed by atoms with Crippen LogP contribution in [0.1, 0.15) is 38.8 Å². The summed E-state index contributed by atoms with van der Waals surface area (Å²) in [6.07, 6.45) is 1.92. The largest absolute Gasteiger partial charge is 0.491 e. The Kier molecular flexibility index (Phi) is 6.50. The standard InChI is InChI=1S/C21H22ClNO2/c1-14(2)24-20-10-7-17(21(12-20)25-15(3)4)11-18(13-23)16-5-8-19(22)9-6-16/h5-12,14-15H,1-4H3/b18-11+. The maximum absolute atomic E-state index is 9.54. The molecule has 0 saturated carbocycles. The van der Waals surface area contributed by atoms with Crippen molar-refractivity contribution in [1.82, 2.24) is 0 Å². The van der Waals surface area contributed by atoms with Gasteiger partial charge in [-0.2, -0.15) is 5.26 Å². The highest BCUT2D eigenvalue weighted by atomic mass is 35.5. The molecule has 0 aromatic heterocycles. The number of benzene rings is 2. The summed E-state index contributed by atoms with van der Waals surface area (Å²) in [4.78, 5) is 0. The maximum atomic E-state index is 9.54. The van der Waals surface area contributed by atoms with Gasteiger partial charge in [0.1, 0.15) is 11.5 Å². The van der Waals surface area contributed by atoms with Crippen molar-refractivity contribution < 1.29 is 9.47 Å². The van der Waals surface area contributed by atoms with Crippen LogP contribution in [0.3, 0.4) is 0 Å². The highest BCUT2D eigenvalue weighted by Gasteiger charge is 2.10. The molecule has 0 amide bonds. The highest BCUT2D eigenvalue weighted by molar-refractivity contribution is 6.30. The van der Waals surface area contributed by atoms with E-state index in [0.29, 0.717) is 16.3 Å². The third-order valence-electron chi connectivity index (χ3n) is 3.30. The number of rotatable bonds is 6. The summed E-state index contributed by atoms with van der Waals surface area (Å²) < 4.78 is 11.7. The zero-order valence-electron chi connectivity index (χ0n) is 14.9. The summed E-state index contributed by atoms with van der Waals surface area (Å²) in [6, 6.07) is 15.1. The van der Waals surface area contributed by atoms with E-state index < -0.39 is 0 Å². The molecule has 130 valence electrons. The summed E-state index contributed by atoms with van der Waals surface area (Å²) in [5.74, 6) is 1.43. The van der Waals surface area contributed by atoms with E-state index in [-0.39, 0.29) is 12.2 Å². The molecule has 0 spiro atoms. The lowest BCUT2D eigenvalue weighted by molar-refractivity contribution is 0.229. The fraction of sp³-hybridized carbons (Fsp3) is 0.286. The Balaban J connectivity index is 2.44. The minimum atomic E-state index is 0.0162. The van der Waals surface area contributed by atoms with Crippen molar-refractivity contribution in [2.45, 2.75) is 39.9 Å². The SMILES string of the molecule is CC(C)Oc1ccc(/C=C(\C#N)c2ccc(Cl)cc2)c(OC(C)C)c1. The summed E-state index contributed by atoms with van der Waals surface area (Å²) in [5, 5.41) is 10.2. The molecule has 0 aliphatic heterocycles. The van der Waals surface area contributed by atoms with E-state index in [1.54, 1.807) is 12.1 Å². The number of hydrogen-bond donors (Lipinski definition) is 0. The van der Waals surface area contributed by atoms with Gasteiger partial charge in [-0.25, -0.2) is 0 Å². The third-order valence-corrected chi connectivity index (χ3v) is 3.55. The Bertz CT molecular complexity index is 787. The van der Waals surface area contributed by atoms with E-state index in [9.17, 15) is 5.26 Å². The summed E-state index contributed by atoms with van der Waals surface area (Å²) >= 11 is 5.92. The molecular weight excluding hydrogens is 334 g/mol. The summed E-state index contributed by atoms with van der Waals surface area (Å²) in [5.41, 5.74) is 2.18. The Morgan fingerprint density at radius 3 is 2.20 bits per heavy atom. The molecule has 25 heavy (non-hydrogen) atoms. The highest BCUT2D eigenvalue weighted by Crippen LogP contribution is 2.30. The van der Waals surface area contributed by atoms with Crippen molar-refractivity contribution in [3.05, 3.63) is 58.6 Å². The average Bonchev–Trinajstić information content (AvgIpc) is 2.54. The van der Waals surface area contributed by atoms with Gasteiger partial charge in [0, 0.05) is 16.7 Å². The van der Waals surface area contributed by atoms with Crippen LogP contribution in [-0.4, -0.2) is 12.2 Å². The third kappa shape index (κ3) is 5.55. The molecule has 2 rings (SSSR count). The van der Waals surface area contributed by atoms with Crippen LogP contribution in [0.5, 0.6) is 11.5 Å². The van der Waals surface area contributed by atoms with Gasteiger partial charge in [-0.3, -0.25) is 0 Å². The zero-order chi connectivity index (χ0) is 18.4. The number of nitrogens with zero attached hydrogens (tertiary/aromatic N) is 1. The first-order valence-corrected chi connectivity index (χ1v) is 8.62. The number of hydrogen-bond acceptors (Lipinski definition) is 3. The fourth-order valence-electron chi connectivity index (χ4n) is 2.30. The van der Waals surface area contributed by atoms with E-state index in [1.807, 2.05) is 64.1 Å². The van der Waals surface area contributed by atoms with Crippen LogP contribution in [0.4, 0.5) is 0 Å². The van der Waals surface area contributed by atoms with E-state index in [0.717, 1.165) is 16.9 Å². The first-order chi connectivity index (χ1) is 11.9. The smallest absolute Gasteiger partial charge is 0.130 e. The molecular formula is C21H22ClNO2. The van der Waals surface area contributed by atoms with Crippen molar-refractivity contribution in [3.63, 3.8) is 0 Å². The van der Waals surface area contributed by atoms with Crippen LogP contribution in [0.15, 0.2) is 42.5 Å². The molecule has 0 aliphatic carbocycles. The van der Waals surface area contributed by atoms with Crippen molar-refractivity contribution >= 4 is 23.3 Å². The van der Waals surface area contributed by atoms with Crippen LogP contribution in [0, 0.1) is 11.3 Å². The minimum Gasteiger partial charge on any atom is -0.491 e. The molecule has 0 N–H and O–H groups in total. The van der Waals surface area contributed by atoms with Crippen LogP contribution < -0.4 is 9.47 Å². The molecule has 0 aliphatic rings. The van der Waals surface area contributed by atoms with E-state index in [4.69, 9.17) is 21.1 Å². The average molecular weight is 356 g/mol. The summed E-state index contributed by atoms with van der Waals surface area (Å²) in [7, 11) is 0. The first-order valence-electron chi connectivity index (χ1n) is 8.24. The molecule has 0 bridgehead atoms. The lowest BCUT2D eigenvalue weighted by atomic mass is 10.0. The van der Waals surface area contributed by atoms with Gasteiger partial charge in [0.05, 0.1) is 23.9 Å². The van der Waals surface area contributed by atoms with E-state index in [2.05, 4.69) is 6.07 Å². The van der Waals surface area contributed by atoms with Crippen LogP contribution in [0.2, 0.25) is 5.02 Å². The van der Waals surface area contributed by atoms with Crippen LogP contribution in [-0.2, 0) is 0 Å². The molecule has 0 fully saturated rings. The number of halogens is 1. The Morgan fingerprint density at radius 1 is 1.00 bits per heavy atom. The molecule has 0 heterocycles. The van der Waals surface area contributed by atoms with Gasteiger partial charge in [0.25, 0.3) is 0 Å². The van der Waals surface area contributed by atoms with Crippen molar-refractivity contribution in [3.8, 4) is 17.6 Å². The van der Waals surface area contributed by atoms with Gasteiger partial charge in [-0.15, -0.1) is 0 Å². The van der Waals surface area contributed by atoms with Gasteiger partial charge in [-0.1, -0.05) is 23.7 Å². The van der Waals surface area contributed by atoms with Gasteiger partial charge >= 0.3 is 0 Å². The topological polar surface area (TPSA) is 42.2 Å². The molecule has 3 nitrogen and oxygen atoms in total. The Hall–Kier alpha value is -2.44. The van der Waals surface area contributed by atoms with Gasteiger partial charge < -0.3 is 9.47 Å². The molecule has 0 atom stereocenters. The van der Waals surface area contributed by atoms with Crippen LogP contribution >= 0.6 is 11.6 Å². The number of allylic oxidation sites excluding steroid dienone is 1.